The minimum Gasteiger partial charge on any atom is -0.387 e. The molecule has 1 aliphatic rings. The Hall–Kier alpha value is -1.58. The van der Waals surface area contributed by atoms with Gasteiger partial charge in [-0.05, 0) is 42.7 Å². The molecule has 2 rings (SSSR count). The number of carbonyl (C=O) groups excluding carboxylic acids is 1. The predicted octanol–water partition coefficient (Wildman–Crippen LogP) is 3.46. The van der Waals surface area contributed by atoms with Gasteiger partial charge in [-0.2, -0.15) is 0 Å². The zero-order valence-electron chi connectivity index (χ0n) is 13.4. The van der Waals surface area contributed by atoms with Crippen molar-refractivity contribution >= 4 is 11.6 Å². The van der Waals surface area contributed by atoms with Crippen LogP contribution >= 0.6 is 0 Å². The second-order valence-electron chi connectivity index (χ2n) is 6.67. The lowest BCUT2D eigenvalue weighted by Crippen LogP contribution is -2.37. The summed E-state index contributed by atoms with van der Waals surface area (Å²) in [5, 5.41) is 6.11. The van der Waals surface area contributed by atoms with Gasteiger partial charge < -0.3 is 10.6 Å². The number of hydrogen-bond donors (Lipinski definition) is 2. The van der Waals surface area contributed by atoms with Crippen LogP contribution in [0.3, 0.4) is 0 Å². The third-order valence-electron chi connectivity index (χ3n) is 4.41. The molecule has 21 heavy (non-hydrogen) atoms. The summed E-state index contributed by atoms with van der Waals surface area (Å²) in [5.74, 6) is 0.612. The molecule has 0 aliphatic heterocycles. The van der Waals surface area contributed by atoms with Gasteiger partial charge in [-0.15, -0.1) is 0 Å². The van der Waals surface area contributed by atoms with Gasteiger partial charge in [0.1, 0.15) is 5.69 Å². The van der Waals surface area contributed by atoms with E-state index in [1.165, 1.54) is 32.1 Å². The van der Waals surface area contributed by atoms with E-state index in [-0.39, 0.29) is 5.91 Å². The molecule has 1 aliphatic carbocycles. The average Bonchev–Trinajstić information content (AvgIpc) is 2.93. The minimum absolute atomic E-state index is 0.0623. The Morgan fingerprint density at radius 2 is 2.05 bits per heavy atom. The highest BCUT2D eigenvalue weighted by Crippen LogP contribution is 2.42. The molecule has 4 heteroatoms. The molecule has 1 saturated carbocycles. The van der Waals surface area contributed by atoms with Crippen LogP contribution in [-0.4, -0.2) is 24.5 Å². The fourth-order valence-electron chi connectivity index (χ4n) is 3.48. The summed E-state index contributed by atoms with van der Waals surface area (Å²) < 4.78 is 0. The largest absolute Gasteiger partial charge is 0.387 e. The molecule has 0 saturated heterocycles. The highest BCUT2D eigenvalue weighted by molar-refractivity contribution is 5.92. The lowest BCUT2D eigenvalue weighted by Gasteiger charge is -2.31. The summed E-state index contributed by atoms with van der Waals surface area (Å²) in [5.41, 5.74) is 1.71. The SMILES string of the molecule is CNc1ccc(C(=O)NCC2(CC(C)C)CCCC2)nc1. The second-order valence-corrected chi connectivity index (χ2v) is 6.67. The van der Waals surface area contributed by atoms with Crippen molar-refractivity contribution in [3.8, 4) is 0 Å². The van der Waals surface area contributed by atoms with Crippen LogP contribution in [0.25, 0.3) is 0 Å². The first kappa shape index (κ1) is 15.8. The molecule has 0 unspecified atom stereocenters. The molecule has 116 valence electrons. The van der Waals surface area contributed by atoms with Gasteiger partial charge in [-0.3, -0.25) is 4.79 Å². The van der Waals surface area contributed by atoms with Gasteiger partial charge in [0.15, 0.2) is 0 Å². The molecule has 0 aromatic carbocycles. The zero-order chi connectivity index (χ0) is 15.3. The number of amides is 1. The Morgan fingerprint density at radius 3 is 2.57 bits per heavy atom. The fraction of sp³-hybridized carbons (Fsp3) is 0.647. The third kappa shape index (κ3) is 4.19. The van der Waals surface area contributed by atoms with Crippen molar-refractivity contribution in [3.63, 3.8) is 0 Å². The normalized spacial score (nSPS) is 17.0. The summed E-state index contributed by atoms with van der Waals surface area (Å²) >= 11 is 0. The maximum Gasteiger partial charge on any atom is 0.269 e. The Bertz CT molecular complexity index is 461. The van der Waals surface area contributed by atoms with Gasteiger partial charge in [-0.25, -0.2) is 4.98 Å². The van der Waals surface area contributed by atoms with Crippen molar-refractivity contribution in [2.45, 2.75) is 46.0 Å². The number of nitrogens with one attached hydrogen (secondary N) is 2. The first-order valence-corrected chi connectivity index (χ1v) is 7.97. The predicted molar refractivity (Wildman–Crippen MR) is 86.5 cm³/mol. The Morgan fingerprint density at radius 1 is 1.33 bits per heavy atom. The molecule has 2 N–H and O–H groups in total. The first-order valence-electron chi connectivity index (χ1n) is 7.97. The van der Waals surface area contributed by atoms with E-state index in [4.69, 9.17) is 0 Å². The smallest absolute Gasteiger partial charge is 0.269 e. The van der Waals surface area contributed by atoms with Crippen molar-refractivity contribution in [1.29, 1.82) is 0 Å². The molecule has 0 spiro atoms. The van der Waals surface area contributed by atoms with Crippen LogP contribution in [0, 0.1) is 11.3 Å². The lowest BCUT2D eigenvalue weighted by molar-refractivity contribution is 0.0917. The number of aromatic nitrogens is 1. The second kappa shape index (κ2) is 6.92. The van der Waals surface area contributed by atoms with Gasteiger partial charge in [-0.1, -0.05) is 26.7 Å². The molecule has 0 atom stereocenters. The molecular formula is C17H27N3O. The molecule has 1 fully saturated rings. The zero-order valence-corrected chi connectivity index (χ0v) is 13.4. The number of anilines is 1. The van der Waals surface area contributed by atoms with E-state index >= 15 is 0 Å². The third-order valence-corrected chi connectivity index (χ3v) is 4.41. The standard InChI is InChI=1S/C17H27N3O/c1-13(2)10-17(8-4-5-9-17)12-20-16(21)15-7-6-14(18-3)11-19-15/h6-7,11,13,18H,4-5,8-10,12H2,1-3H3,(H,20,21). The summed E-state index contributed by atoms with van der Waals surface area (Å²) in [6.45, 7) is 5.30. The van der Waals surface area contributed by atoms with Crippen molar-refractivity contribution in [3.05, 3.63) is 24.0 Å². The highest BCUT2D eigenvalue weighted by Gasteiger charge is 2.34. The highest BCUT2D eigenvalue weighted by atomic mass is 16.1. The summed E-state index contributed by atoms with van der Waals surface area (Å²) in [6.07, 6.45) is 7.93. The van der Waals surface area contributed by atoms with Crippen LogP contribution in [0.15, 0.2) is 18.3 Å². The van der Waals surface area contributed by atoms with Gasteiger partial charge in [0, 0.05) is 13.6 Å². The summed E-state index contributed by atoms with van der Waals surface area (Å²) in [6, 6.07) is 3.65. The number of rotatable bonds is 6. The summed E-state index contributed by atoms with van der Waals surface area (Å²) in [4.78, 5) is 16.4. The topological polar surface area (TPSA) is 54.0 Å². The van der Waals surface area contributed by atoms with E-state index in [0.717, 1.165) is 12.2 Å². The summed E-state index contributed by atoms with van der Waals surface area (Å²) in [7, 11) is 1.84. The van der Waals surface area contributed by atoms with E-state index in [1.54, 1.807) is 12.3 Å². The van der Waals surface area contributed by atoms with E-state index < -0.39 is 0 Å². The number of nitrogens with zero attached hydrogens (tertiary/aromatic N) is 1. The lowest BCUT2D eigenvalue weighted by atomic mass is 9.78. The van der Waals surface area contributed by atoms with E-state index in [0.29, 0.717) is 17.0 Å². The molecule has 1 heterocycles. The van der Waals surface area contributed by atoms with Gasteiger partial charge >= 0.3 is 0 Å². The Balaban J connectivity index is 1.95. The Kier molecular flexibility index (Phi) is 5.21. The van der Waals surface area contributed by atoms with Crippen LogP contribution in [0.4, 0.5) is 5.69 Å². The minimum atomic E-state index is -0.0623. The van der Waals surface area contributed by atoms with Gasteiger partial charge in [0.25, 0.3) is 5.91 Å². The van der Waals surface area contributed by atoms with E-state index in [9.17, 15) is 4.79 Å². The molecule has 0 bridgehead atoms. The number of carbonyl (C=O) groups is 1. The maximum absolute atomic E-state index is 12.2. The van der Waals surface area contributed by atoms with Crippen molar-refractivity contribution in [2.24, 2.45) is 11.3 Å². The van der Waals surface area contributed by atoms with E-state index in [1.807, 2.05) is 13.1 Å². The van der Waals surface area contributed by atoms with Crippen LogP contribution in [0.1, 0.15) is 56.4 Å². The molecule has 4 nitrogen and oxygen atoms in total. The fourth-order valence-corrected chi connectivity index (χ4v) is 3.48. The van der Waals surface area contributed by atoms with E-state index in [2.05, 4.69) is 29.5 Å². The van der Waals surface area contributed by atoms with Gasteiger partial charge in [0.05, 0.1) is 11.9 Å². The number of pyridine rings is 1. The molecular weight excluding hydrogens is 262 g/mol. The molecule has 0 radical (unpaired) electrons. The van der Waals surface area contributed by atoms with Crippen LogP contribution in [0.2, 0.25) is 0 Å². The maximum atomic E-state index is 12.2. The van der Waals surface area contributed by atoms with Crippen LogP contribution < -0.4 is 10.6 Å². The monoisotopic (exact) mass is 289 g/mol. The molecule has 1 amide bonds. The van der Waals surface area contributed by atoms with Crippen LogP contribution in [-0.2, 0) is 0 Å². The van der Waals surface area contributed by atoms with Gasteiger partial charge in [0.2, 0.25) is 0 Å². The van der Waals surface area contributed by atoms with Crippen molar-refractivity contribution in [1.82, 2.24) is 10.3 Å². The first-order chi connectivity index (χ1) is 10.0. The average molecular weight is 289 g/mol. The molecule has 1 aromatic heterocycles. The number of hydrogen-bond acceptors (Lipinski definition) is 3. The Labute approximate surface area is 127 Å². The van der Waals surface area contributed by atoms with Crippen molar-refractivity contribution < 1.29 is 4.79 Å². The van der Waals surface area contributed by atoms with Crippen LogP contribution in [0.5, 0.6) is 0 Å². The van der Waals surface area contributed by atoms with Crippen molar-refractivity contribution in [2.75, 3.05) is 18.9 Å². The quantitative estimate of drug-likeness (QED) is 0.843. The molecule has 1 aromatic rings.